The highest BCUT2D eigenvalue weighted by Gasteiger charge is 2.20. The van der Waals surface area contributed by atoms with Crippen molar-refractivity contribution in [2.45, 2.75) is 0 Å². The maximum atomic E-state index is 9.75. The number of halogens is 5. The van der Waals surface area contributed by atoms with E-state index in [-0.39, 0.29) is 0 Å². The first kappa shape index (κ1) is 13.8. The molecule has 0 saturated carbocycles. The van der Waals surface area contributed by atoms with E-state index in [0.29, 0.717) is 0 Å². The molecule has 2 aromatic rings. The average Bonchev–Trinajstić information content (AvgIpc) is 2.43. The first-order chi connectivity index (χ1) is 7.72. The normalized spacial score (nSPS) is 11.2. The summed E-state index contributed by atoms with van der Waals surface area (Å²) >= 11 is 6.05. The summed E-state index contributed by atoms with van der Waals surface area (Å²) in [7, 11) is -2.07. The van der Waals surface area contributed by atoms with E-state index in [4.69, 9.17) is 11.6 Å². The Morgan fingerprint density at radius 1 is 1.18 bits per heavy atom. The van der Waals surface area contributed by atoms with Crippen LogP contribution in [0, 0.1) is 0 Å². The number of aromatic nitrogens is 2. The predicted molar refractivity (Wildman–Crippen MR) is 59.3 cm³/mol. The number of rotatable bonds is 0. The Morgan fingerprint density at radius 3 is 2.12 bits per heavy atom. The fourth-order valence-electron chi connectivity index (χ4n) is 1.46. The van der Waals surface area contributed by atoms with Gasteiger partial charge in [-0.25, -0.2) is 9.13 Å². The minimum atomic E-state index is -6.00. The molecule has 0 spiro atoms. The highest BCUT2D eigenvalue weighted by Crippen LogP contribution is 2.14. The van der Waals surface area contributed by atoms with E-state index in [1.165, 1.54) is 0 Å². The Morgan fingerprint density at radius 2 is 1.65 bits per heavy atom. The van der Waals surface area contributed by atoms with Crippen molar-refractivity contribution in [3.8, 4) is 0 Å². The minimum Gasteiger partial charge on any atom is -0.418 e. The number of imidazole rings is 1. The van der Waals surface area contributed by atoms with E-state index >= 15 is 0 Å². The molecular formula is C9H10BClF4N2. The Balaban J connectivity index is 0.000000249. The molecule has 94 valence electrons. The summed E-state index contributed by atoms with van der Waals surface area (Å²) < 4.78 is 42.9. The van der Waals surface area contributed by atoms with Gasteiger partial charge in [-0.05, 0) is 12.1 Å². The third-order valence-corrected chi connectivity index (χ3v) is 2.67. The van der Waals surface area contributed by atoms with Gasteiger partial charge in [-0.3, -0.25) is 0 Å². The summed E-state index contributed by atoms with van der Waals surface area (Å²) in [6, 6.07) is 8.14. The van der Waals surface area contributed by atoms with Crippen LogP contribution in [-0.2, 0) is 14.1 Å². The van der Waals surface area contributed by atoms with Crippen molar-refractivity contribution in [2.24, 2.45) is 14.1 Å². The zero-order valence-corrected chi connectivity index (χ0v) is 9.93. The van der Waals surface area contributed by atoms with Crippen LogP contribution in [0.25, 0.3) is 11.0 Å². The fraction of sp³-hybridized carbons (Fsp3) is 0.222. The van der Waals surface area contributed by atoms with Gasteiger partial charge in [0.1, 0.15) is 0 Å². The van der Waals surface area contributed by atoms with E-state index in [1.807, 2.05) is 35.4 Å². The molecule has 2 nitrogen and oxygen atoms in total. The number of hydrogen-bond donors (Lipinski definition) is 0. The third-order valence-electron chi connectivity index (χ3n) is 2.16. The largest absolute Gasteiger partial charge is 0.673 e. The molecule has 0 fully saturated rings. The summed E-state index contributed by atoms with van der Waals surface area (Å²) in [5, 5.41) is 0.746. The third kappa shape index (κ3) is 3.62. The van der Waals surface area contributed by atoms with Crippen molar-refractivity contribution in [3.63, 3.8) is 0 Å². The molecule has 0 unspecified atom stereocenters. The monoisotopic (exact) mass is 268 g/mol. The van der Waals surface area contributed by atoms with E-state index in [1.54, 1.807) is 0 Å². The molecule has 0 amide bonds. The molecule has 17 heavy (non-hydrogen) atoms. The van der Waals surface area contributed by atoms with Crippen LogP contribution in [0.2, 0.25) is 5.28 Å². The standard InChI is InChI=1S/C9H10ClN2.BF4/c1-11-7-5-3-4-6-8(7)12(2)9(11)10;2-1(3,4)5/h3-6H,1-2H3;/q+1;-1. The first-order valence-corrected chi connectivity index (χ1v) is 5.06. The van der Waals surface area contributed by atoms with E-state index < -0.39 is 7.25 Å². The van der Waals surface area contributed by atoms with Crippen LogP contribution in [-0.4, -0.2) is 11.8 Å². The van der Waals surface area contributed by atoms with Crippen molar-refractivity contribution in [1.82, 2.24) is 4.57 Å². The van der Waals surface area contributed by atoms with Crippen LogP contribution in [0.5, 0.6) is 0 Å². The van der Waals surface area contributed by atoms with Crippen molar-refractivity contribution in [1.29, 1.82) is 0 Å². The molecule has 0 aliphatic heterocycles. The second-order valence-electron chi connectivity index (χ2n) is 3.37. The highest BCUT2D eigenvalue weighted by molar-refractivity contribution is 6.50. The number of aryl methyl sites for hydroxylation is 2. The van der Waals surface area contributed by atoms with Crippen LogP contribution in [0.4, 0.5) is 17.3 Å². The summed E-state index contributed by atoms with van der Waals surface area (Å²) in [6.07, 6.45) is 0. The van der Waals surface area contributed by atoms with Gasteiger partial charge >= 0.3 is 12.5 Å². The van der Waals surface area contributed by atoms with Gasteiger partial charge in [0, 0.05) is 11.6 Å². The summed E-state index contributed by atoms with van der Waals surface area (Å²) in [5.41, 5.74) is 2.31. The minimum absolute atomic E-state index is 0.746. The van der Waals surface area contributed by atoms with Crippen LogP contribution >= 0.6 is 11.6 Å². The van der Waals surface area contributed by atoms with Gasteiger partial charge in [-0.15, -0.1) is 0 Å². The van der Waals surface area contributed by atoms with Gasteiger partial charge < -0.3 is 17.3 Å². The molecule has 0 bridgehead atoms. The van der Waals surface area contributed by atoms with Crippen LogP contribution in [0.15, 0.2) is 24.3 Å². The predicted octanol–water partition coefficient (Wildman–Crippen LogP) is 2.96. The molecular weight excluding hydrogens is 258 g/mol. The average molecular weight is 268 g/mol. The van der Waals surface area contributed by atoms with Gasteiger partial charge in [0.2, 0.25) is 0 Å². The molecule has 8 heteroatoms. The van der Waals surface area contributed by atoms with Crippen molar-refractivity contribution < 1.29 is 21.8 Å². The topological polar surface area (TPSA) is 8.81 Å². The second-order valence-corrected chi connectivity index (χ2v) is 3.71. The molecule has 0 radical (unpaired) electrons. The number of hydrogen-bond acceptors (Lipinski definition) is 0. The smallest absolute Gasteiger partial charge is 0.418 e. The molecule has 0 saturated heterocycles. The number of fused-ring (bicyclic) bond motifs is 1. The SMILES string of the molecule is Cn1c(Cl)[n+](C)c2ccccc21.F[B-](F)(F)F. The lowest BCUT2D eigenvalue weighted by Crippen LogP contribution is -2.27. The lowest BCUT2D eigenvalue weighted by atomic mass is 10.3. The van der Waals surface area contributed by atoms with Crippen molar-refractivity contribution >= 4 is 29.9 Å². The fourth-order valence-corrected chi connectivity index (χ4v) is 1.64. The molecule has 1 heterocycles. The summed E-state index contributed by atoms with van der Waals surface area (Å²) in [6.45, 7) is 0. The zero-order chi connectivity index (χ0) is 13.2. The first-order valence-electron chi connectivity index (χ1n) is 4.68. The van der Waals surface area contributed by atoms with E-state index in [0.717, 1.165) is 16.3 Å². The molecule has 0 aliphatic rings. The second kappa shape index (κ2) is 4.95. The van der Waals surface area contributed by atoms with Gasteiger partial charge in [0.15, 0.2) is 11.0 Å². The highest BCUT2D eigenvalue weighted by atomic mass is 35.5. The van der Waals surface area contributed by atoms with Crippen LogP contribution in [0.3, 0.4) is 0 Å². The molecule has 2 rings (SSSR count). The van der Waals surface area contributed by atoms with Gasteiger partial charge in [-0.1, -0.05) is 12.1 Å². The van der Waals surface area contributed by atoms with E-state index in [9.17, 15) is 17.3 Å². The number of para-hydroxylation sites is 2. The maximum Gasteiger partial charge on any atom is 0.673 e. The molecule has 0 atom stereocenters. The Hall–Kier alpha value is -1.24. The number of benzene rings is 1. The lowest BCUT2D eigenvalue weighted by Gasteiger charge is -1.94. The van der Waals surface area contributed by atoms with Gasteiger partial charge in [0.05, 0.1) is 14.1 Å². The molecule has 0 N–H and O–H groups in total. The number of nitrogens with zero attached hydrogens (tertiary/aromatic N) is 2. The van der Waals surface area contributed by atoms with Crippen molar-refractivity contribution in [3.05, 3.63) is 29.5 Å². The summed E-state index contributed by atoms with van der Waals surface area (Å²) in [5.74, 6) is 0. The maximum absolute atomic E-state index is 9.75. The lowest BCUT2D eigenvalue weighted by molar-refractivity contribution is -0.643. The quantitative estimate of drug-likeness (QED) is 0.395. The van der Waals surface area contributed by atoms with Crippen LogP contribution < -0.4 is 4.57 Å². The molecule has 1 aromatic heterocycles. The van der Waals surface area contributed by atoms with Crippen LogP contribution in [0.1, 0.15) is 0 Å². The van der Waals surface area contributed by atoms with Gasteiger partial charge in [-0.2, -0.15) is 0 Å². The Kier molecular flexibility index (Phi) is 4.03. The zero-order valence-electron chi connectivity index (χ0n) is 9.17. The summed E-state index contributed by atoms with van der Waals surface area (Å²) in [4.78, 5) is 0. The molecule has 0 aliphatic carbocycles. The molecule has 1 aromatic carbocycles. The van der Waals surface area contributed by atoms with Crippen molar-refractivity contribution in [2.75, 3.05) is 0 Å². The Bertz CT molecular complexity index is 478. The Labute approximate surface area is 101 Å². The van der Waals surface area contributed by atoms with E-state index in [2.05, 4.69) is 12.1 Å². The van der Waals surface area contributed by atoms with Gasteiger partial charge in [0.25, 0.3) is 0 Å².